The van der Waals surface area contributed by atoms with Crippen molar-refractivity contribution in [2.24, 2.45) is 0 Å². The minimum absolute atomic E-state index is 0.158. The van der Waals surface area contributed by atoms with Gasteiger partial charge in [0, 0.05) is 18.9 Å². The van der Waals surface area contributed by atoms with E-state index in [4.69, 9.17) is 9.47 Å². The number of ether oxygens (including phenoxy) is 2. The van der Waals surface area contributed by atoms with Gasteiger partial charge in [0.25, 0.3) is 0 Å². The second kappa shape index (κ2) is 5.18. The highest BCUT2D eigenvalue weighted by atomic mass is 16.5. The van der Waals surface area contributed by atoms with Crippen LogP contribution in [0.4, 0.5) is 0 Å². The Balaban J connectivity index is 2.30. The number of rotatable bonds is 2. The molecule has 1 N–H and O–H groups in total. The lowest BCUT2D eigenvalue weighted by Gasteiger charge is -2.36. The van der Waals surface area contributed by atoms with Crippen LogP contribution < -0.4 is 0 Å². The topological polar surface area (TPSA) is 76.1 Å². The first-order valence-electron chi connectivity index (χ1n) is 6.81. The van der Waals surface area contributed by atoms with E-state index in [9.17, 15) is 14.7 Å². The Morgan fingerprint density at radius 3 is 2.75 bits per heavy atom. The van der Waals surface area contributed by atoms with Gasteiger partial charge in [-0.3, -0.25) is 4.79 Å². The molecular weight excluding hydrogens is 262 g/mol. The van der Waals surface area contributed by atoms with Crippen LogP contribution in [0, 0.1) is 0 Å². The average Bonchev–Trinajstić information content (AvgIpc) is 2.59. The van der Waals surface area contributed by atoms with E-state index < -0.39 is 29.9 Å². The van der Waals surface area contributed by atoms with Crippen molar-refractivity contribution >= 4 is 11.9 Å². The minimum Gasteiger partial charge on any atom is -0.463 e. The fourth-order valence-corrected chi connectivity index (χ4v) is 3.07. The highest BCUT2D eigenvalue weighted by Crippen LogP contribution is 2.39. The van der Waals surface area contributed by atoms with Crippen molar-refractivity contribution in [2.75, 3.05) is 6.61 Å². The second-order valence-corrected chi connectivity index (χ2v) is 5.59. The second-order valence-electron chi connectivity index (χ2n) is 5.59. The average molecular weight is 283 g/mol. The summed E-state index contributed by atoms with van der Waals surface area (Å²) >= 11 is 0. The summed E-state index contributed by atoms with van der Waals surface area (Å²) in [5.41, 5.74) is -0.398. The van der Waals surface area contributed by atoms with Crippen LogP contribution in [0.25, 0.3) is 0 Å². The molecule has 2 aliphatic rings. The fourth-order valence-electron chi connectivity index (χ4n) is 3.07. The van der Waals surface area contributed by atoms with Gasteiger partial charge in [-0.25, -0.2) is 4.79 Å². The van der Waals surface area contributed by atoms with Gasteiger partial charge < -0.3 is 19.5 Å². The number of carbonyl (C=O) groups is 2. The molecule has 6 heteroatoms. The predicted molar refractivity (Wildman–Crippen MR) is 70.6 cm³/mol. The van der Waals surface area contributed by atoms with E-state index in [0.29, 0.717) is 5.57 Å². The fraction of sp³-hybridized carbons (Fsp3) is 0.714. The van der Waals surface area contributed by atoms with Gasteiger partial charge >= 0.3 is 5.97 Å². The Labute approximate surface area is 118 Å². The van der Waals surface area contributed by atoms with Gasteiger partial charge in [0.1, 0.15) is 11.8 Å². The van der Waals surface area contributed by atoms with Crippen LogP contribution in [0.15, 0.2) is 11.6 Å². The monoisotopic (exact) mass is 283 g/mol. The molecule has 2 rings (SSSR count). The molecule has 0 radical (unpaired) electrons. The molecule has 6 nitrogen and oxygen atoms in total. The van der Waals surface area contributed by atoms with Crippen LogP contribution in [0.1, 0.15) is 34.1 Å². The zero-order valence-electron chi connectivity index (χ0n) is 12.3. The summed E-state index contributed by atoms with van der Waals surface area (Å²) in [5, 5.41) is 10.3. The first-order chi connectivity index (χ1) is 9.27. The van der Waals surface area contributed by atoms with E-state index >= 15 is 0 Å². The molecule has 1 amide bonds. The number of fused-ring (bicyclic) bond motifs is 1. The maximum Gasteiger partial charge on any atom is 0.333 e. The lowest BCUT2D eigenvalue weighted by molar-refractivity contribution is -0.146. The summed E-state index contributed by atoms with van der Waals surface area (Å²) in [6, 6.07) is -0.458. The predicted octanol–water partition coefficient (Wildman–Crippen LogP) is 0.592. The van der Waals surface area contributed by atoms with Crippen molar-refractivity contribution in [3.05, 3.63) is 11.6 Å². The van der Waals surface area contributed by atoms with Crippen molar-refractivity contribution in [3.63, 3.8) is 0 Å². The molecule has 112 valence electrons. The molecule has 20 heavy (non-hydrogen) atoms. The van der Waals surface area contributed by atoms with Crippen LogP contribution in [0.3, 0.4) is 0 Å². The molecule has 1 aliphatic heterocycles. The summed E-state index contributed by atoms with van der Waals surface area (Å²) in [6.45, 7) is 7.01. The van der Waals surface area contributed by atoms with E-state index in [1.807, 2.05) is 0 Å². The summed E-state index contributed by atoms with van der Waals surface area (Å²) in [6.07, 6.45) is 0.510. The quantitative estimate of drug-likeness (QED) is 0.751. The third kappa shape index (κ3) is 2.45. The van der Waals surface area contributed by atoms with Crippen molar-refractivity contribution in [1.29, 1.82) is 0 Å². The van der Waals surface area contributed by atoms with Crippen LogP contribution >= 0.6 is 0 Å². The molecule has 0 saturated carbocycles. The SMILES string of the molecule is CCOC(=O)C1=CC2OC(C)(C)N(C(C)=O)C2C(O)C1. The van der Waals surface area contributed by atoms with E-state index in [-0.39, 0.29) is 18.9 Å². The van der Waals surface area contributed by atoms with Crippen LogP contribution in [-0.4, -0.2) is 52.5 Å². The Kier molecular flexibility index (Phi) is 3.88. The number of hydrogen-bond donors (Lipinski definition) is 1. The molecule has 0 spiro atoms. The number of esters is 1. The molecule has 1 fully saturated rings. The van der Waals surface area contributed by atoms with Gasteiger partial charge in [0.15, 0.2) is 0 Å². The van der Waals surface area contributed by atoms with Gasteiger partial charge in [-0.2, -0.15) is 0 Å². The van der Waals surface area contributed by atoms with Gasteiger partial charge in [-0.15, -0.1) is 0 Å². The molecule has 3 unspecified atom stereocenters. The molecule has 3 atom stereocenters. The Hall–Kier alpha value is -1.40. The van der Waals surface area contributed by atoms with Crippen molar-refractivity contribution in [1.82, 2.24) is 4.90 Å². The maximum atomic E-state index is 11.8. The molecule has 0 aromatic rings. The van der Waals surface area contributed by atoms with Gasteiger partial charge in [0.2, 0.25) is 5.91 Å². The number of carbonyl (C=O) groups excluding carboxylic acids is 2. The number of nitrogens with zero attached hydrogens (tertiary/aromatic N) is 1. The lowest BCUT2D eigenvalue weighted by atomic mass is 9.89. The lowest BCUT2D eigenvalue weighted by Crippen LogP contribution is -2.53. The zero-order chi connectivity index (χ0) is 15.1. The summed E-state index contributed by atoms with van der Waals surface area (Å²) < 4.78 is 10.8. The third-order valence-corrected chi connectivity index (χ3v) is 3.70. The highest BCUT2D eigenvalue weighted by Gasteiger charge is 2.52. The molecule has 0 bridgehead atoms. The highest BCUT2D eigenvalue weighted by molar-refractivity contribution is 5.89. The van der Waals surface area contributed by atoms with E-state index in [2.05, 4.69) is 0 Å². The molecule has 1 heterocycles. The van der Waals surface area contributed by atoms with Gasteiger partial charge in [-0.1, -0.05) is 0 Å². The van der Waals surface area contributed by atoms with Crippen molar-refractivity contribution in [3.8, 4) is 0 Å². The largest absolute Gasteiger partial charge is 0.463 e. The van der Waals surface area contributed by atoms with E-state index in [0.717, 1.165) is 0 Å². The van der Waals surface area contributed by atoms with E-state index in [1.54, 1.807) is 31.7 Å². The van der Waals surface area contributed by atoms with Gasteiger partial charge in [-0.05, 0) is 26.8 Å². The van der Waals surface area contributed by atoms with Gasteiger partial charge in [0.05, 0.1) is 18.8 Å². The maximum absolute atomic E-state index is 11.8. The summed E-state index contributed by atoms with van der Waals surface area (Å²) in [7, 11) is 0. The standard InChI is InChI=1S/C14H21NO5/c1-5-19-13(18)9-6-10(17)12-11(7-9)20-14(3,4)15(12)8(2)16/h7,10-12,17H,5-6H2,1-4H3. The first-order valence-corrected chi connectivity index (χ1v) is 6.81. The smallest absolute Gasteiger partial charge is 0.333 e. The van der Waals surface area contributed by atoms with Crippen molar-refractivity contribution < 1.29 is 24.2 Å². The molecular formula is C14H21NO5. The summed E-state index contributed by atoms with van der Waals surface area (Å²) in [5.74, 6) is -0.595. The number of aliphatic hydroxyl groups is 1. The molecule has 1 saturated heterocycles. The molecule has 0 aromatic heterocycles. The van der Waals surface area contributed by atoms with Crippen molar-refractivity contribution in [2.45, 2.75) is 58.1 Å². The molecule has 1 aliphatic carbocycles. The number of amides is 1. The van der Waals surface area contributed by atoms with Crippen LogP contribution in [0.5, 0.6) is 0 Å². The van der Waals surface area contributed by atoms with Crippen LogP contribution in [0.2, 0.25) is 0 Å². The minimum atomic E-state index is -0.838. The third-order valence-electron chi connectivity index (χ3n) is 3.70. The Morgan fingerprint density at radius 2 is 2.20 bits per heavy atom. The normalized spacial score (nSPS) is 31.6. The van der Waals surface area contributed by atoms with E-state index in [1.165, 1.54) is 6.92 Å². The summed E-state index contributed by atoms with van der Waals surface area (Å²) in [4.78, 5) is 25.1. The Bertz CT molecular complexity index is 456. The number of hydrogen-bond acceptors (Lipinski definition) is 5. The molecule has 0 aromatic carbocycles. The Morgan fingerprint density at radius 1 is 1.55 bits per heavy atom. The number of aliphatic hydroxyl groups excluding tert-OH is 1. The zero-order valence-corrected chi connectivity index (χ0v) is 12.3. The first kappa shape index (κ1) is 15.0. The van der Waals surface area contributed by atoms with Crippen LogP contribution in [-0.2, 0) is 19.1 Å².